The molecule has 2 aromatic heterocycles. The van der Waals surface area contributed by atoms with Crippen molar-refractivity contribution < 1.29 is 13.2 Å². The van der Waals surface area contributed by atoms with E-state index in [0.717, 1.165) is 28.2 Å². The Morgan fingerprint density at radius 3 is 2.50 bits per heavy atom. The molecule has 0 spiro atoms. The summed E-state index contributed by atoms with van der Waals surface area (Å²) in [5.41, 5.74) is 1.27. The van der Waals surface area contributed by atoms with E-state index in [1.165, 1.54) is 11.8 Å². The first kappa shape index (κ1) is 20.6. The second-order valence-corrected chi connectivity index (χ2v) is 11.4. The summed E-state index contributed by atoms with van der Waals surface area (Å²) in [5, 5.41) is 18.3. The highest BCUT2D eigenvalue weighted by atomic mass is 32.2. The van der Waals surface area contributed by atoms with Crippen molar-refractivity contribution in [1.82, 2.24) is 20.4 Å². The van der Waals surface area contributed by atoms with Crippen molar-refractivity contribution >= 4 is 60.6 Å². The van der Waals surface area contributed by atoms with Gasteiger partial charge in [0.15, 0.2) is 4.34 Å². The monoisotopic (exact) mass is 456 g/mol. The van der Waals surface area contributed by atoms with Crippen molar-refractivity contribution in [3.63, 3.8) is 0 Å². The van der Waals surface area contributed by atoms with Crippen molar-refractivity contribution in [3.05, 3.63) is 35.4 Å². The molecule has 3 aromatic rings. The molecule has 3 rings (SSSR count). The smallest absolute Gasteiger partial charge is 0.293 e. The normalized spacial score (nSPS) is 11.6. The lowest BCUT2D eigenvalue weighted by molar-refractivity contribution is 0.102. The highest BCUT2D eigenvalue weighted by Crippen LogP contribution is 2.30. The molecule has 0 radical (unpaired) electrons. The summed E-state index contributed by atoms with van der Waals surface area (Å²) in [7, 11) is -3.97. The van der Waals surface area contributed by atoms with Gasteiger partial charge in [-0.15, -0.1) is 20.4 Å². The van der Waals surface area contributed by atoms with Crippen molar-refractivity contribution in [1.29, 1.82) is 0 Å². The zero-order chi connectivity index (χ0) is 20.3. The fraction of sp³-hybridized carbons (Fsp3) is 0.267. The molecule has 1 amide bonds. The number of carbonyl (C=O) groups is 1. The minimum absolute atomic E-state index is 0.0851. The number of anilines is 2. The third-order valence-electron chi connectivity index (χ3n) is 3.21. The molecule has 0 fully saturated rings. The molecule has 0 unspecified atom stereocenters. The number of nitrogens with one attached hydrogen (secondary N) is 2. The van der Waals surface area contributed by atoms with E-state index in [4.69, 9.17) is 0 Å². The fourth-order valence-electron chi connectivity index (χ4n) is 2.02. The Hall–Kier alpha value is -2.09. The number of nitrogens with zero attached hydrogens (tertiary/aromatic N) is 4. The highest BCUT2D eigenvalue weighted by Gasteiger charge is 2.23. The van der Waals surface area contributed by atoms with Crippen LogP contribution in [0.5, 0.6) is 0 Å². The highest BCUT2D eigenvalue weighted by molar-refractivity contribution is 8.01. The van der Waals surface area contributed by atoms with E-state index in [0.29, 0.717) is 15.2 Å². The Kier molecular flexibility index (Phi) is 6.27. The number of aryl methyl sites for hydroxylation is 1. The number of carbonyl (C=O) groups excluding carboxylic acids is 1. The van der Waals surface area contributed by atoms with Gasteiger partial charge >= 0.3 is 0 Å². The van der Waals surface area contributed by atoms with Gasteiger partial charge in [0.25, 0.3) is 20.3 Å². The van der Waals surface area contributed by atoms with Gasteiger partial charge in [-0.05, 0) is 18.6 Å². The summed E-state index contributed by atoms with van der Waals surface area (Å²) in [6.07, 6.45) is 0. The Bertz CT molecular complexity index is 1090. The number of rotatable bonds is 7. The van der Waals surface area contributed by atoms with Crippen molar-refractivity contribution in [2.75, 3.05) is 10.0 Å². The molecule has 0 aliphatic carbocycles. The van der Waals surface area contributed by atoms with Gasteiger partial charge in [-0.3, -0.25) is 14.8 Å². The zero-order valence-corrected chi connectivity index (χ0v) is 18.3. The van der Waals surface area contributed by atoms with Crippen LogP contribution in [0, 0.1) is 6.92 Å². The predicted molar refractivity (Wildman–Crippen MR) is 111 cm³/mol. The molecule has 0 bridgehead atoms. The minimum Gasteiger partial charge on any atom is -0.296 e. The molecule has 13 heteroatoms. The Morgan fingerprint density at radius 2 is 1.79 bits per heavy atom. The molecule has 1 aromatic carbocycles. The van der Waals surface area contributed by atoms with Gasteiger partial charge in [-0.25, -0.2) is 0 Å². The number of benzene rings is 1. The van der Waals surface area contributed by atoms with Crippen LogP contribution in [0.25, 0.3) is 0 Å². The minimum atomic E-state index is -3.97. The zero-order valence-electron chi connectivity index (χ0n) is 15.0. The molecule has 0 saturated heterocycles. The van der Waals surface area contributed by atoms with E-state index in [9.17, 15) is 13.2 Å². The molecular formula is C15H16N6O3S4. The van der Waals surface area contributed by atoms with Gasteiger partial charge in [0.05, 0.1) is 0 Å². The van der Waals surface area contributed by atoms with Gasteiger partial charge in [0.1, 0.15) is 0 Å². The van der Waals surface area contributed by atoms with Crippen LogP contribution in [0.2, 0.25) is 0 Å². The van der Waals surface area contributed by atoms with Crippen LogP contribution < -0.4 is 10.0 Å². The number of thioether (sulfide) groups is 1. The molecule has 2 heterocycles. The second-order valence-electron chi connectivity index (χ2n) is 5.79. The van der Waals surface area contributed by atoms with Gasteiger partial charge in [0, 0.05) is 10.8 Å². The molecule has 28 heavy (non-hydrogen) atoms. The van der Waals surface area contributed by atoms with Gasteiger partial charge in [-0.1, -0.05) is 66.5 Å². The standard InChI is InChI=1S/C15H16N6O3S4/c1-8(2)25-14-19-18-13(26-14)21-28(23,24)15-20-17-12(27-15)16-11(22)10-7-5-4-6-9(10)3/h4-8H,1-3H3,(H,18,21)(H,16,17,22). The average Bonchev–Trinajstić information content (AvgIpc) is 3.24. The molecule has 0 aliphatic heterocycles. The van der Waals surface area contributed by atoms with Crippen LogP contribution >= 0.6 is 34.4 Å². The lowest BCUT2D eigenvalue weighted by atomic mass is 10.1. The quantitative estimate of drug-likeness (QED) is 0.410. The topological polar surface area (TPSA) is 127 Å². The Morgan fingerprint density at radius 1 is 1.07 bits per heavy atom. The van der Waals surface area contributed by atoms with E-state index in [2.05, 4.69) is 30.4 Å². The van der Waals surface area contributed by atoms with Crippen LogP contribution in [0.3, 0.4) is 0 Å². The molecule has 148 valence electrons. The lowest BCUT2D eigenvalue weighted by Crippen LogP contribution is -2.13. The first-order chi connectivity index (χ1) is 13.2. The maximum Gasteiger partial charge on any atom is 0.293 e. The molecule has 0 aliphatic rings. The third kappa shape index (κ3) is 5.04. The van der Waals surface area contributed by atoms with Gasteiger partial charge in [-0.2, -0.15) is 8.42 Å². The number of aromatic nitrogens is 4. The lowest BCUT2D eigenvalue weighted by Gasteiger charge is -2.04. The Balaban J connectivity index is 1.71. The van der Waals surface area contributed by atoms with E-state index in [1.807, 2.05) is 32.9 Å². The van der Waals surface area contributed by atoms with Gasteiger partial charge in [0.2, 0.25) is 10.3 Å². The van der Waals surface area contributed by atoms with Crippen LogP contribution in [-0.2, 0) is 10.0 Å². The SMILES string of the molecule is Cc1ccccc1C(=O)Nc1nnc(S(=O)(=O)Nc2nnc(SC(C)C)s2)s1. The van der Waals surface area contributed by atoms with Crippen LogP contribution in [0.15, 0.2) is 32.9 Å². The summed E-state index contributed by atoms with van der Waals surface area (Å²) in [5.74, 6) is -0.384. The molecule has 9 nitrogen and oxygen atoms in total. The van der Waals surface area contributed by atoms with E-state index >= 15 is 0 Å². The van der Waals surface area contributed by atoms with E-state index in [1.54, 1.807) is 12.1 Å². The second kappa shape index (κ2) is 8.51. The summed E-state index contributed by atoms with van der Waals surface area (Å²) >= 11 is 3.38. The third-order valence-corrected chi connectivity index (χ3v) is 7.81. The van der Waals surface area contributed by atoms with E-state index in [-0.39, 0.29) is 20.5 Å². The summed E-state index contributed by atoms with van der Waals surface area (Å²) in [4.78, 5) is 12.3. The van der Waals surface area contributed by atoms with Gasteiger partial charge < -0.3 is 0 Å². The van der Waals surface area contributed by atoms with Crippen LogP contribution in [-0.4, -0.2) is 40.0 Å². The maximum atomic E-state index is 12.5. The largest absolute Gasteiger partial charge is 0.296 e. The summed E-state index contributed by atoms with van der Waals surface area (Å²) < 4.78 is 27.7. The van der Waals surface area contributed by atoms with Crippen molar-refractivity contribution in [2.45, 2.75) is 34.7 Å². The fourth-order valence-corrected chi connectivity index (χ4v) is 6.12. The number of hydrogen-bond donors (Lipinski definition) is 2. The predicted octanol–water partition coefficient (Wildman–Crippen LogP) is 3.25. The first-order valence-electron chi connectivity index (χ1n) is 7.98. The van der Waals surface area contributed by atoms with Crippen LogP contribution in [0.4, 0.5) is 10.3 Å². The first-order valence-corrected chi connectivity index (χ1v) is 12.0. The number of amides is 1. The molecule has 0 atom stereocenters. The number of hydrogen-bond acceptors (Lipinski definition) is 10. The number of sulfonamides is 1. The molecular weight excluding hydrogens is 440 g/mol. The average molecular weight is 457 g/mol. The van der Waals surface area contributed by atoms with Crippen LogP contribution in [0.1, 0.15) is 29.8 Å². The van der Waals surface area contributed by atoms with Crippen molar-refractivity contribution in [3.8, 4) is 0 Å². The molecule has 0 saturated carbocycles. The summed E-state index contributed by atoms with van der Waals surface area (Å²) in [6, 6.07) is 7.05. The molecule has 2 N–H and O–H groups in total. The Labute approximate surface area is 174 Å². The maximum absolute atomic E-state index is 12.5. The van der Waals surface area contributed by atoms with E-state index < -0.39 is 10.0 Å². The van der Waals surface area contributed by atoms with Crippen molar-refractivity contribution in [2.24, 2.45) is 0 Å². The summed E-state index contributed by atoms with van der Waals surface area (Å²) in [6.45, 7) is 5.82.